The molecule has 3 saturated heterocycles. The van der Waals surface area contributed by atoms with Crippen molar-refractivity contribution in [1.82, 2.24) is 10.2 Å². The Kier molecular flexibility index (Phi) is 3.89. The molecule has 0 amide bonds. The normalized spacial score (nSPS) is 36.5. The highest BCUT2D eigenvalue weighted by Crippen LogP contribution is 2.30. The highest BCUT2D eigenvalue weighted by atomic mass is 16.7. The number of piperidine rings is 1. The first-order valence-corrected chi connectivity index (χ1v) is 7.42. The summed E-state index contributed by atoms with van der Waals surface area (Å²) in [7, 11) is 0. The molecule has 0 radical (unpaired) electrons. The SMILES string of the molecule is CC1(CN2CCC(C3OCCO3)CC2)CCNC1. The average Bonchev–Trinajstić information content (AvgIpc) is 3.02. The van der Waals surface area contributed by atoms with Crippen LogP contribution in [0.3, 0.4) is 0 Å². The van der Waals surface area contributed by atoms with Crippen LogP contribution in [0.2, 0.25) is 0 Å². The van der Waals surface area contributed by atoms with Crippen molar-refractivity contribution in [3.63, 3.8) is 0 Å². The van der Waals surface area contributed by atoms with Crippen molar-refractivity contribution in [2.45, 2.75) is 32.5 Å². The van der Waals surface area contributed by atoms with Gasteiger partial charge in [0.05, 0.1) is 13.2 Å². The van der Waals surface area contributed by atoms with Crippen LogP contribution in [0.1, 0.15) is 26.2 Å². The van der Waals surface area contributed by atoms with Gasteiger partial charge in [-0.05, 0) is 44.3 Å². The highest BCUT2D eigenvalue weighted by molar-refractivity contribution is 4.88. The molecule has 4 nitrogen and oxygen atoms in total. The van der Waals surface area contributed by atoms with Crippen molar-refractivity contribution in [1.29, 1.82) is 0 Å². The first-order valence-electron chi connectivity index (χ1n) is 7.42. The third-order valence-electron chi connectivity index (χ3n) is 4.73. The smallest absolute Gasteiger partial charge is 0.160 e. The number of hydrogen-bond acceptors (Lipinski definition) is 4. The lowest BCUT2D eigenvalue weighted by molar-refractivity contribution is -0.0985. The number of hydrogen-bond donors (Lipinski definition) is 1. The van der Waals surface area contributed by atoms with Crippen LogP contribution in [0.4, 0.5) is 0 Å². The molecule has 1 atom stereocenters. The van der Waals surface area contributed by atoms with E-state index in [4.69, 9.17) is 9.47 Å². The number of likely N-dealkylation sites (tertiary alicyclic amines) is 1. The molecule has 0 aliphatic carbocycles. The fourth-order valence-corrected chi connectivity index (χ4v) is 3.58. The molecule has 0 aromatic carbocycles. The van der Waals surface area contributed by atoms with Gasteiger partial charge in [-0.3, -0.25) is 0 Å². The van der Waals surface area contributed by atoms with E-state index in [1.54, 1.807) is 0 Å². The zero-order chi connectivity index (χ0) is 12.4. The first kappa shape index (κ1) is 12.9. The van der Waals surface area contributed by atoms with Crippen molar-refractivity contribution in [3.05, 3.63) is 0 Å². The topological polar surface area (TPSA) is 33.7 Å². The second-order valence-electron chi connectivity index (χ2n) is 6.46. The summed E-state index contributed by atoms with van der Waals surface area (Å²) < 4.78 is 11.3. The van der Waals surface area contributed by atoms with E-state index in [2.05, 4.69) is 17.1 Å². The van der Waals surface area contributed by atoms with Gasteiger partial charge in [0, 0.05) is 19.0 Å². The van der Waals surface area contributed by atoms with Gasteiger partial charge in [0.2, 0.25) is 0 Å². The van der Waals surface area contributed by atoms with Crippen LogP contribution in [0.15, 0.2) is 0 Å². The molecule has 18 heavy (non-hydrogen) atoms. The summed E-state index contributed by atoms with van der Waals surface area (Å²) in [5.74, 6) is 0.623. The molecule has 104 valence electrons. The van der Waals surface area contributed by atoms with Crippen LogP contribution in [0.25, 0.3) is 0 Å². The maximum absolute atomic E-state index is 5.63. The van der Waals surface area contributed by atoms with Crippen LogP contribution in [-0.2, 0) is 9.47 Å². The van der Waals surface area contributed by atoms with Crippen LogP contribution >= 0.6 is 0 Å². The Morgan fingerprint density at radius 3 is 2.56 bits per heavy atom. The van der Waals surface area contributed by atoms with Crippen LogP contribution < -0.4 is 5.32 Å². The van der Waals surface area contributed by atoms with Gasteiger partial charge in [0.15, 0.2) is 6.29 Å². The zero-order valence-corrected chi connectivity index (χ0v) is 11.5. The number of rotatable bonds is 3. The second kappa shape index (κ2) is 5.45. The predicted molar refractivity (Wildman–Crippen MR) is 70.4 cm³/mol. The van der Waals surface area contributed by atoms with E-state index in [0.29, 0.717) is 11.3 Å². The molecule has 3 fully saturated rings. The monoisotopic (exact) mass is 254 g/mol. The van der Waals surface area contributed by atoms with Gasteiger partial charge in [0.25, 0.3) is 0 Å². The molecule has 1 unspecified atom stereocenters. The van der Waals surface area contributed by atoms with Crippen molar-refractivity contribution < 1.29 is 9.47 Å². The summed E-state index contributed by atoms with van der Waals surface area (Å²) in [5, 5.41) is 3.49. The molecule has 3 aliphatic rings. The Labute approximate surface area is 110 Å². The standard InChI is InChI=1S/C14H26N2O2/c1-14(4-5-15-10-14)11-16-6-2-12(3-7-16)13-17-8-9-18-13/h12-13,15H,2-11H2,1H3. The molecular weight excluding hydrogens is 228 g/mol. The van der Waals surface area contributed by atoms with E-state index < -0.39 is 0 Å². The van der Waals surface area contributed by atoms with Crippen LogP contribution in [0, 0.1) is 11.3 Å². The fourth-order valence-electron chi connectivity index (χ4n) is 3.58. The Morgan fingerprint density at radius 2 is 1.94 bits per heavy atom. The van der Waals surface area contributed by atoms with E-state index >= 15 is 0 Å². The van der Waals surface area contributed by atoms with Gasteiger partial charge in [0.1, 0.15) is 0 Å². The quantitative estimate of drug-likeness (QED) is 0.817. The molecule has 0 aromatic heterocycles. The molecule has 0 spiro atoms. The van der Waals surface area contributed by atoms with Gasteiger partial charge in [-0.15, -0.1) is 0 Å². The van der Waals surface area contributed by atoms with Crippen molar-refractivity contribution >= 4 is 0 Å². The fraction of sp³-hybridized carbons (Fsp3) is 1.00. The predicted octanol–water partition coefficient (Wildman–Crippen LogP) is 1.07. The van der Waals surface area contributed by atoms with Gasteiger partial charge < -0.3 is 19.7 Å². The van der Waals surface area contributed by atoms with E-state index in [9.17, 15) is 0 Å². The highest BCUT2D eigenvalue weighted by Gasteiger charge is 2.34. The molecule has 3 aliphatic heterocycles. The molecule has 3 rings (SSSR count). The number of ether oxygens (including phenoxy) is 2. The minimum absolute atomic E-state index is 0.0934. The third-order valence-corrected chi connectivity index (χ3v) is 4.73. The summed E-state index contributed by atoms with van der Waals surface area (Å²) in [6.07, 6.45) is 3.88. The zero-order valence-electron chi connectivity index (χ0n) is 11.5. The van der Waals surface area contributed by atoms with E-state index in [1.165, 1.54) is 52.0 Å². The molecule has 1 N–H and O–H groups in total. The van der Waals surface area contributed by atoms with Crippen LogP contribution in [0.5, 0.6) is 0 Å². The number of nitrogens with one attached hydrogen (secondary N) is 1. The summed E-state index contributed by atoms with van der Waals surface area (Å²) in [4.78, 5) is 2.64. The summed E-state index contributed by atoms with van der Waals surface area (Å²) in [6, 6.07) is 0. The maximum Gasteiger partial charge on any atom is 0.160 e. The Balaban J connectivity index is 1.45. The lowest BCUT2D eigenvalue weighted by Gasteiger charge is -2.38. The summed E-state index contributed by atoms with van der Waals surface area (Å²) in [5.41, 5.74) is 0.493. The third kappa shape index (κ3) is 2.87. The van der Waals surface area contributed by atoms with E-state index in [1.807, 2.05) is 0 Å². The van der Waals surface area contributed by atoms with Crippen LogP contribution in [-0.4, -0.2) is 57.1 Å². The molecule has 0 saturated carbocycles. The summed E-state index contributed by atoms with van der Waals surface area (Å²) >= 11 is 0. The molecule has 3 heterocycles. The number of nitrogens with zero attached hydrogens (tertiary/aromatic N) is 1. The van der Waals surface area contributed by atoms with Gasteiger partial charge in [-0.2, -0.15) is 0 Å². The Hall–Kier alpha value is -0.160. The first-order chi connectivity index (χ1) is 8.75. The second-order valence-corrected chi connectivity index (χ2v) is 6.46. The summed E-state index contributed by atoms with van der Waals surface area (Å²) in [6.45, 7) is 10.0. The Bertz CT molecular complexity index is 265. The Morgan fingerprint density at radius 1 is 1.22 bits per heavy atom. The molecule has 0 bridgehead atoms. The van der Waals surface area contributed by atoms with Gasteiger partial charge in [-0.25, -0.2) is 0 Å². The molecular formula is C14H26N2O2. The lowest BCUT2D eigenvalue weighted by Crippen LogP contribution is -2.43. The largest absolute Gasteiger partial charge is 0.350 e. The van der Waals surface area contributed by atoms with E-state index in [-0.39, 0.29) is 6.29 Å². The van der Waals surface area contributed by atoms with Gasteiger partial charge >= 0.3 is 0 Å². The van der Waals surface area contributed by atoms with Gasteiger partial charge in [-0.1, -0.05) is 6.92 Å². The lowest BCUT2D eigenvalue weighted by atomic mass is 9.87. The van der Waals surface area contributed by atoms with Crippen molar-refractivity contribution in [2.24, 2.45) is 11.3 Å². The minimum Gasteiger partial charge on any atom is -0.350 e. The van der Waals surface area contributed by atoms with E-state index in [0.717, 1.165) is 13.2 Å². The maximum atomic E-state index is 5.63. The van der Waals surface area contributed by atoms with Crippen molar-refractivity contribution in [2.75, 3.05) is 45.9 Å². The molecule has 4 heteroatoms. The van der Waals surface area contributed by atoms with Crippen molar-refractivity contribution in [3.8, 4) is 0 Å². The average molecular weight is 254 g/mol. The molecule has 0 aromatic rings. The minimum atomic E-state index is 0.0934.